The number of rotatable bonds is 4. The van der Waals surface area contributed by atoms with Crippen LogP contribution in [0.3, 0.4) is 0 Å². The van der Waals surface area contributed by atoms with Gasteiger partial charge >= 0.3 is 0 Å². The minimum absolute atomic E-state index is 0.0455. The first kappa shape index (κ1) is 16.9. The van der Waals surface area contributed by atoms with Gasteiger partial charge in [-0.25, -0.2) is 0 Å². The van der Waals surface area contributed by atoms with Crippen LogP contribution in [0.15, 0.2) is 30.3 Å². The second-order valence-corrected chi connectivity index (χ2v) is 7.56. The molecule has 0 aromatic heterocycles. The van der Waals surface area contributed by atoms with E-state index in [-0.39, 0.29) is 22.8 Å². The van der Waals surface area contributed by atoms with Crippen LogP contribution in [0.4, 0.5) is 0 Å². The van der Waals surface area contributed by atoms with Crippen LogP contribution >= 0.6 is 0 Å². The Balaban J connectivity index is 3.00. The lowest BCUT2D eigenvalue weighted by atomic mass is 9.88. The van der Waals surface area contributed by atoms with Crippen LogP contribution in [-0.4, -0.2) is 22.8 Å². The first-order valence-corrected chi connectivity index (χ1v) is 7.38. The zero-order valence-corrected chi connectivity index (χ0v) is 14.0. The molecule has 0 spiro atoms. The van der Waals surface area contributed by atoms with Crippen molar-refractivity contribution >= 4 is 5.78 Å². The lowest BCUT2D eigenvalue weighted by Crippen LogP contribution is -2.47. The van der Waals surface area contributed by atoms with Gasteiger partial charge in [0.25, 0.3) is 0 Å². The highest BCUT2D eigenvalue weighted by Gasteiger charge is 2.32. The fourth-order valence-corrected chi connectivity index (χ4v) is 2.26. The molecule has 2 nitrogen and oxygen atoms in total. The molecule has 2 heteroatoms. The number of carbonyl (C=O) groups excluding carboxylic acids is 1. The van der Waals surface area contributed by atoms with Gasteiger partial charge in [-0.15, -0.1) is 0 Å². The molecule has 0 N–H and O–H groups in total. The zero-order chi connectivity index (χ0) is 15.6. The summed E-state index contributed by atoms with van der Waals surface area (Å²) in [5.41, 5.74) is 0.917. The molecular weight excluding hydrogens is 246 g/mol. The minimum Gasteiger partial charge on any atom is -0.298 e. The van der Waals surface area contributed by atoms with E-state index in [0.717, 1.165) is 0 Å². The lowest BCUT2D eigenvalue weighted by Gasteiger charge is -2.41. The predicted molar refractivity (Wildman–Crippen MR) is 85.8 cm³/mol. The molecule has 1 aromatic rings. The van der Waals surface area contributed by atoms with E-state index in [1.165, 1.54) is 5.56 Å². The fraction of sp³-hybridized carbons (Fsp3) is 0.611. The molecular formula is C18H29NO. The summed E-state index contributed by atoms with van der Waals surface area (Å²) in [6, 6.07) is 10.6. The van der Waals surface area contributed by atoms with Crippen molar-refractivity contribution in [1.82, 2.24) is 4.90 Å². The molecule has 20 heavy (non-hydrogen) atoms. The predicted octanol–water partition coefficient (Wildman–Crippen LogP) is 4.46. The molecule has 1 rings (SSSR count). The van der Waals surface area contributed by atoms with E-state index in [0.29, 0.717) is 6.54 Å². The van der Waals surface area contributed by atoms with Crippen LogP contribution in [0.1, 0.15) is 60.1 Å². The van der Waals surface area contributed by atoms with Gasteiger partial charge in [-0.2, -0.15) is 0 Å². The molecule has 0 saturated heterocycles. The maximum Gasteiger partial charge on any atom is 0.152 e. The van der Waals surface area contributed by atoms with Crippen LogP contribution < -0.4 is 0 Å². The SMILES string of the molecule is C[C@H](c1ccccc1)N(CC(=O)C(C)(C)C)C(C)(C)C. The normalized spacial score (nSPS) is 14.4. The van der Waals surface area contributed by atoms with Crippen LogP contribution in [0.5, 0.6) is 0 Å². The van der Waals surface area contributed by atoms with E-state index in [1.54, 1.807) is 0 Å². The van der Waals surface area contributed by atoms with E-state index < -0.39 is 0 Å². The molecule has 0 aliphatic heterocycles. The second kappa shape index (κ2) is 6.09. The van der Waals surface area contributed by atoms with E-state index >= 15 is 0 Å². The van der Waals surface area contributed by atoms with Crippen molar-refractivity contribution in [2.24, 2.45) is 5.41 Å². The fourth-order valence-electron chi connectivity index (χ4n) is 2.26. The van der Waals surface area contributed by atoms with Gasteiger partial charge in [0.1, 0.15) is 0 Å². The Hall–Kier alpha value is -1.15. The van der Waals surface area contributed by atoms with E-state index in [2.05, 4.69) is 56.9 Å². The molecule has 0 saturated carbocycles. The molecule has 0 radical (unpaired) electrons. The maximum atomic E-state index is 12.4. The summed E-state index contributed by atoms with van der Waals surface area (Å²) in [6.07, 6.45) is 0. The first-order chi connectivity index (χ1) is 9.03. The van der Waals surface area contributed by atoms with Crippen molar-refractivity contribution in [2.75, 3.05) is 6.54 Å². The van der Waals surface area contributed by atoms with Crippen molar-refractivity contribution in [2.45, 2.75) is 60.0 Å². The summed E-state index contributed by atoms with van der Waals surface area (Å²) in [7, 11) is 0. The summed E-state index contributed by atoms with van der Waals surface area (Å²) in [4.78, 5) is 14.7. The van der Waals surface area contributed by atoms with Crippen LogP contribution in [0.2, 0.25) is 0 Å². The highest BCUT2D eigenvalue weighted by molar-refractivity contribution is 5.85. The van der Waals surface area contributed by atoms with Gasteiger partial charge in [0, 0.05) is 17.0 Å². The van der Waals surface area contributed by atoms with Crippen molar-refractivity contribution < 1.29 is 4.79 Å². The minimum atomic E-state index is -0.292. The maximum absolute atomic E-state index is 12.4. The van der Waals surface area contributed by atoms with Crippen LogP contribution in [-0.2, 0) is 4.79 Å². The summed E-state index contributed by atoms with van der Waals surface area (Å²) < 4.78 is 0. The summed E-state index contributed by atoms with van der Waals surface area (Å²) in [6.45, 7) is 15.1. The Kier molecular flexibility index (Phi) is 5.15. The molecule has 0 amide bonds. The van der Waals surface area contributed by atoms with E-state index in [1.807, 2.05) is 26.8 Å². The van der Waals surface area contributed by atoms with Gasteiger partial charge in [-0.05, 0) is 33.3 Å². The average molecular weight is 275 g/mol. The van der Waals surface area contributed by atoms with Gasteiger partial charge in [-0.1, -0.05) is 51.1 Å². The molecule has 0 aliphatic rings. The third-order valence-corrected chi connectivity index (χ3v) is 3.76. The molecule has 0 aliphatic carbocycles. The van der Waals surface area contributed by atoms with Gasteiger partial charge < -0.3 is 0 Å². The van der Waals surface area contributed by atoms with E-state index in [9.17, 15) is 4.79 Å². The third kappa shape index (κ3) is 4.45. The summed E-state index contributed by atoms with van der Waals surface area (Å²) in [5, 5.41) is 0. The average Bonchev–Trinajstić information content (AvgIpc) is 2.33. The molecule has 1 atom stereocenters. The quantitative estimate of drug-likeness (QED) is 0.808. The van der Waals surface area contributed by atoms with Crippen LogP contribution in [0.25, 0.3) is 0 Å². The van der Waals surface area contributed by atoms with Gasteiger partial charge in [-0.3, -0.25) is 9.69 Å². The van der Waals surface area contributed by atoms with Crippen LogP contribution in [0, 0.1) is 5.41 Å². The monoisotopic (exact) mass is 275 g/mol. The molecule has 0 heterocycles. The Morgan fingerprint density at radius 1 is 1.05 bits per heavy atom. The Morgan fingerprint density at radius 3 is 1.95 bits per heavy atom. The summed E-state index contributed by atoms with van der Waals surface area (Å²) >= 11 is 0. The smallest absolute Gasteiger partial charge is 0.152 e. The number of hydrogen-bond acceptors (Lipinski definition) is 2. The number of hydrogen-bond donors (Lipinski definition) is 0. The topological polar surface area (TPSA) is 20.3 Å². The summed E-state index contributed by atoms with van der Waals surface area (Å²) in [5.74, 6) is 0.287. The highest BCUT2D eigenvalue weighted by Crippen LogP contribution is 2.29. The van der Waals surface area contributed by atoms with Crippen molar-refractivity contribution in [3.8, 4) is 0 Å². The number of nitrogens with zero attached hydrogens (tertiary/aromatic N) is 1. The van der Waals surface area contributed by atoms with Gasteiger partial charge in [0.15, 0.2) is 5.78 Å². The largest absolute Gasteiger partial charge is 0.298 e. The van der Waals surface area contributed by atoms with Gasteiger partial charge in [0.2, 0.25) is 0 Å². The van der Waals surface area contributed by atoms with E-state index in [4.69, 9.17) is 0 Å². The molecule has 0 unspecified atom stereocenters. The Bertz CT molecular complexity index is 437. The molecule has 112 valence electrons. The highest BCUT2D eigenvalue weighted by atomic mass is 16.1. The number of ketones is 1. The number of carbonyl (C=O) groups is 1. The Labute approximate surface area is 124 Å². The standard InChI is InChI=1S/C18H29NO/c1-14(15-11-9-8-10-12-15)19(18(5,6)7)13-16(20)17(2,3)4/h8-12,14H,13H2,1-7H3/t14-/m1/s1. The zero-order valence-electron chi connectivity index (χ0n) is 14.0. The number of benzene rings is 1. The van der Waals surface area contributed by atoms with Crippen molar-refractivity contribution in [3.05, 3.63) is 35.9 Å². The molecule has 0 fully saturated rings. The number of Topliss-reactive ketones (excluding diaryl/α,β-unsaturated/α-hetero) is 1. The molecule has 0 bridgehead atoms. The van der Waals surface area contributed by atoms with Crippen molar-refractivity contribution in [1.29, 1.82) is 0 Å². The third-order valence-electron chi connectivity index (χ3n) is 3.76. The second-order valence-electron chi connectivity index (χ2n) is 7.56. The Morgan fingerprint density at radius 2 is 1.55 bits per heavy atom. The lowest BCUT2D eigenvalue weighted by molar-refractivity contribution is -0.129. The molecule has 1 aromatic carbocycles. The first-order valence-electron chi connectivity index (χ1n) is 7.38. The van der Waals surface area contributed by atoms with Gasteiger partial charge in [0.05, 0.1) is 6.54 Å². The van der Waals surface area contributed by atoms with Crippen molar-refractivity contribution in [3.63, 3.8) is 0 Å².